The summed E-state index contributed by atoms with van der Waals surface area (Å²) in [4.78, 5) is 38.1. The number of benzene rings is 2. The van der Waals surface area contributed by atoms with Crippen LogP contribution in [0.2, 0.25) is 0 Å². The van der Waals surface area contributed by atoms with Gasteiger partial charge in [-0.15, -0.1) is 0 Å². The van der Waals surface area contributed by atoms with E-state index in [1.807, 2.05) is 6.92 Å². The minimum Gasteiger partial charge on any atom is -0.312 e. The lowest BCUT2D eigenvalue weighted by molar-refractivity contribution is -0.118. The van der Waals surface area contributed by atoms with Gasteiger partial charge in [-0.2, -0.15) is 0 Å². The molecule has 0 radical (unpaired) electrons. The van der Waals surface area contributed by atoms with Crippen LogP contribution in [0.15, 0.2) is 46.9 Å². The highest BCUT2D eigenvalue weighted by atomic mass is 79.9. The maximum atomic E-state index is 12.3. The molecule has 0 saturated carbocycles. The summed E-state index contributed by atoms with van der Waals surface area (Å²) < 4.78 is 0.643. The van der Waals surface area contributed by atoms with E-state index in [4.69, 9.17) is 0 Å². The molecule has 0 saturated heterocycles. The zero-order valence-electron chi connectivity index (χ0n) is 14.2. The fourth-order valence-electron chi connectivity index (χ4n) is 2.89. The monoisotopic (exact) mass is 415 g/mol. The lowest BCUT2D eigenvalue weighted by Crippen LogP contribution is -2.41. The molecule has 7 heteroatoms. The predicted octanol–water partition coefficient (Wildman–Crippen LogP) is 2.82. The van der Waals surface area contributed by atoms with E-state index in [9.17, 15) is 14.4 Å². The zero-order valence-corrected chi connectivity index (χ0v) is 15.8. The first-order chi connectivity index (χ1) is 12.5. The van der Waals surface area contributed by atoms with Gasteiger partial charge in [0.05, 0.1) is 5.56 Å². The Balaban J connectivity index is 1.67. The van der Waals surface area contributed by atoms with Gasteiger partial charge in [0, 0.05) is 28.7 Å². The summed E-state index contributed by atoms with van der Waals surface area (Å²) in [6, 6.07) is 12.1. The normalized spacial score (nSPS) is 12.5. The molecule has 0 aliphatic carbocycles. The summed E-state index contributed by atoms with van der Waals surface area (Å²) in [6.07, 6.45) is 1.16. The summed E-state index contributed by atoms with van der Waals surface area (Å²) in [6.45, 7) is 2.46. The molecule has 0 atom stereocenters. The highest BCUT2D eigenvalue weighted by molar-refractivity contribution is 9.10. The number of nitrogens with one attached hydrogen (secondary N) is 2. The largest absolute Gasteiger partial charge is 0.312 e. The van der Waals surface area contributed by atoms with E-state index in [1.165, 1.54) is 0 Å². The van der Waals surface area contributed by atoms with Gasteiger partial charge in [-0.05, 0) is 58.2 Å². The average molecular weight is 416 g/mol. The molecule has 3 rings (SSSR count). The number of hydrogen-bond acceptors (Lipinski definition) is 3. The van der Waals surface area contributed by atoms with Crippen molar-refractivity contribution in [2.45, 2.75) is 19.8 Å². The molecule has 0 aromatic heterocycles. The van der Waals surface area contributed by atoms with Crippen LogP contribution in [0.4, 0.5) is 5.69 Å². The quantitative estimate of drug-likeness (QED) is 0.756. The van der Waals surface area contributed by atoms with Crippen LogP contribution in [-0.2, 0) is 11.2 Å². The van der Waals surface area contributed by atoms with Gasteiger partial charge in [0.25, 0.3) is 11.8 Å². The molecule has 0 bridgehead atoms. The van der Waals surface area contributed by atoms with Gasteiger partial charge in [0.1, 0.15) is 0 Å². The third-order valence-electron chi connectivity index (χ3n) is 4.25. The topological polar surface area (TPSA) is 78.5 Å². The first-order valence-corrected chi connectivity index (χ1v) is 9.09. The Morgan fingerprint density at radius 1 is 1.08 bits per heavy atom. The summed E-state index contributed by atoms with van der Waals surface area (Å²) in [5.41, 5.74) is 7.50. The number of amides is 3. The Kier molecular flexibility index (Phi) is 5.37. The van der Waals surface area contributed by atoms with Crippen molar-refractivity contribution in [3.05, 3.63) is 63.6 Å². The van der Waals surface area contributed by atoms with Gasteiger partial charge in [-0.1, -0.05) is 19.1 Å². The Bertz CT molecular complexity index is 882. The van der Waals surface area contributed by atoms with Crippen molar-refractivity contribution in [3.8, 4) is 0 Å². The van der Waals surface area contributed by atoms with Gasteiger partial charge in [0.2, 0.25) is 5.91 Å². The third kappa shape index (κ3) is 3.62. The average Bonchev–Trinajstić information content (AvgIpc) is 3.08. The van der Waals surface area contributed by atoms with Crippen molar-refractivity contribution >= 4 is 39.3 Å². The molecule has 1 heterocycles. The Morgan fingerprint density at radius 3 is 2.54 bits per heavy atom. The van der Waals surface area contributed by atoms with E-state index in [2.05, 4.69) is 26.8 Å². The molecule has 2 aromatic carbocycles. The van der Waals surface area contributed by atoms with Crippen LogP contribution in [0, 0.1) is 0 Å². The molecule has 0 spiro atoms. The molecule has 6 nitrogen and oxygen atoms in total. The van der Waals surface area contributed by atoms with Crippen molar-refractivity contribution < 1.29 is 14.4 Å². The summed E-state index contributed by atoms with van der Waals surface area (Å²) in [5, 5.41) is 0. The number of nitrogens with zero attached hydrogens (tertiary/aromatic N) is 1. The molecule has 26 heavy (non-hydrogen) atoms. The number of hydrogen-bond donors (Lipinski definition) is 2. The molecule has 134 valence electrons. The third-order valence-corrected chi connectivity index (χ3v) is 4.94. The number of rotatable bonds is 3. The van der Waals surface area contributed by atoms with Gasteiger partial charge in [-0.3, -0.25) is 25.2 Å². The zero-order chi connectivity index (χ0) is 18.7. The number of anilines is 1. The summed E-state index contributed by atoms with van der Waals surface area (Å²) >= 11 is 3.30. The van der Waals surface area contributed by atoms with E-state index in [0.717, 1.165) is 11.3 Å². The number of hydrazine groups is 1. The van der Waals surface area contributed by atoms with Crippen LogP contribution >= 0.6 is 15.9 Å². The summed E-state index contributed by atoms with van der Waals surface area (Å²) in [7, 11) is 0. The van der Waals surface area contributed by atoms with Crippen molar-refractivity contribution in [2.75, 3.05) is 11.4 Å². The number of halogens is 1. The highest BCUT2D eigenvalue weighted by Gasteiger charge is 2.24. The lowest BCUT2D eigenvalue weighted by Gasteiger charge is -2.16. The maximum Gasteiger partial charge on any atom is 0.270 e. The number of fused-ring (bicyclic) bond motifs is 1. The van der Waals surface area contributed by atoms with Gasteiger partial charge in [0.15, 0.2) is 0 Å². The van der Waals surface area contributed by atoms with Crippen molar-refractivity contribution in [2.24, 2.45) is 0 Å². The maximum absolute atomic E-state index is 12.3. The minimum atomic E-state index is -0.410. The second kappa shape index (κ2) is 7.70. The summed E-state index contributed by atoms with van der Waals surface area (Å²) in [5.74, 6) is -0.748. The molecule has 2 aromatic rings. The molecular formula is C19H18BrN3O3. The predicted molar refractivity (Wildman–Crippen MR) is 102 cm³/mol. The van der Waals surface area contributed by atoms with Crippen LogP contribution in [0.3, 0.4) is 0 Å². The SMILES string of the molecule is CCC(=O)N1CCc2cc(C(=O)NNC(=O)c3ccccc3Br)ccc21. The van der Waals surface area contributed by atoms with E-state index in [-0.39, 0.29) is 5.91 Å². The van der Waals surface area contributed by atoms with E-state index in [0.29, 0.717) is 35.0 Å². The van der Waals surface area contributed by atoms with Crippen LogP contribution in [-0.4, -0.2) is 24.3 Å². The first-order valence-electron chi connectivity index (χ1n) is 8.29. The fraction of sp³-hybridized carbons (Fsp3) is 0.211. The molecule has 0 fully saturated rings. The molecule has 1 aliphatic rings. The van der Waals surface area contributed by atoms with Gasteiger partial charge >= 0.3 is 0 Å². The lowest BCUT2D eigenvalue weighted by atomic mass is 10.1. The number of carbonyl (C=O) groups excluding carboxylic acids is 3. The molecule has 1 aliphatic heterocycles. The fourth-order valence-corrected chi connectivity index (χ4v) is 3.36. The van der Waals surface area contributed by atoms with Crippen molar-refractivity contribution in [1.29, 1.82) is 0 Å². The Morgan fingerprint density at radius 2 is 1.81 bits per heavy atom. The van der Waals surface area contributed by atoms with Crippen LogP contribution in [0.5, 0.6) is 0 Å². The second-order valence-corrected chi connectivity index (χ2v) is 6.73. The van der Waals surface area contributed by atoms with Gasteiger partial charge in [-0.25, -0.2) is 0 Å². The smallest absolute Gasteiger partial charge is 0.270 e. The minimum absolute atomic E-state index is 0.0710. The second-order valence-electron chi connectivity index (χ2n) is 5.88. The Labute approximate surface area is 159 Å². The van der Waals surface area contributed by atoms with E-state index >= 15 is 0 Å². The van der Waals surface area contributed by atoms with Crippen molar-refractivity contribution in [1.82, 2.24) is 10.9 Å². The molecule has 2 N–H and O–H groups in total. The first kappa shape index (κ1) is 18.1. The molecule has 0 unspecified atom stereocenters. The van der Waals surface area contributed by atoms with E-state index < -0.39 is 11.8 Å². The number of carbonyl (C=O) groups is 3. The standard InChI is InChI=1S/C19H18BrN3O3/c1-2-17(24)23-10-9-12-11-13(7-8-16(12)23)18(25)21-22-19(26)14-5-3-4-6-15(14)20/h3-8,11H,2,9-10H2,1H3,(H,21,25)(H,22,26). The van der Waals surface area contributed by atoms with Crippen LogP contribution in [0.25, 0.3) is 0 Å². The molecular weight excluding hydrogens is 398 g/mol. The van der Waals surface area contributed by atoms with Crippen LogP contribution < -0.4 is 15.8 Å². The highest BCUT2D eigenvalue weighted by Crippen LogP contribution is 2.29. The molecule has 3 amide bonds. The Hall–Kier alpha value is -2.67. The van der Waals surface area contributed by atoms with Crippen molar-refractivity contribution in [3.63, 3.8) is 0 Å². The van der Waals surface area contributed by atoms with Gasteiger partial charge < -0.3 is 4.90 Å². The van der Waals surface area contributed by atoms with E-state index in [1.54, 1.807) is 47.4 Å². The van der Waals surface area contributed by atoms with Crippen LogP contribution in [0.1, 0.15) is 39.6 Å².